The van der Waals surface area contributed by atoms with E-state index < -0.39 is 0 Å². The molecule has 2 unspecified atom stereocenters. The van der Waals surface area contributed by atoms with E-state index in [0.717, 1.165) is 17.7 Å². The molecule has 1 aromatic heterocycles. The van der Waals surface area contributed by atoms with Crippen LogP contribution in [0.15, 0.2) is 18.3 Å². The van der Waals surface area contributed by atoms with Gasteiger partial charge in [-0.05, 0) is 50.8 Å². The van der Waals surface area contributed by atoms with Crippen LogP contribution >= 0.6 is 0 Å². The molecule has 1 N–H and O–H groups in total. The molecule has 0 bridgehead atoms. The fourth-order valence-corrected chi connectivity index (χ4v) is 3.14. The highest BCUT2D eigenvalue weighted by Gasteiger charge is 2.29. The number of nitrogens with zero attached hydrogens (tertiary/aromatic N) is 2. The molecule has 2 atom stereocenters. The zero-order valence-corrected chi connectivity index (χ0v) is 10.5. The van der Waals surface area contributed by atoms with Crippen molar-refractivity contribution < 1.29 is 0 Å². The van der Waals surface area contributed by atoms with Crippen LogP contribution in [0.1, 0.15) is 25.0 Å². The lowest BCUT2D eigenvalue weighted by molar-refractivity contribution is 0.436. The number of hydrogen-bond donors (Lipinski definition) is 1. The topological polar surface area (TPSA) is 28.2 Å². The molecule has 0 aromatic carbocycles. The van der Waals surface area contributed by atoms with Gasteiger partial charge in [0.15, 0.2) is 0 Å². The van der Waals surface area contributed by atoms with Crippen molar-refractivity contribution in [3.8, 4) is 0 Å². The Hall–Kier alpha value is -1.09. The van der Waals surface area contributed by atoms with E-state index in [0.29, 0.717) is 0 Å². The van der Waals surface area contributed by atoms with Crippen molar-refractivity contribution >= 4 is 5.69 Å². The van der Waals surface area contributed by atoms with E-state index in [9.17, 15) is 0 Å². The number of aryl methyl sites for hydroxylation is 1. The predicted molar refractivity (Wildman–Crippen MR) is 70.3 cm³/mol. The molecular weight excluding hydrogens is 210 g/mol. The monoisotopic (exact) mass is 231 g/mol. The molecule has 92 valence electrons. The van der Waals surface area contributed by atoms with Gasteiger partial charge in [-0.2, -0.15) is 0 Å². The maximum absolute atomic E-state index is 4.40. The molecule has 0 amide bonds. The van der Waals surface area contributed by atoms with Crippen molar-refractivity contribution in [2.45, 2.75) is 32.2 Å². The first kappa shape index (κ1) is 11.0. The summed E-state index contributed by atoms with van der Waals surface area (Å²) in [7, 11) is 0. The first-order valence-corrected chi connectivity index (χ1v) is 6.74. The highest BCUT2D eigenvalue weighted by molar-refractivity contribution is 5.44. The van der Waals surface area contributed by atoms with Gasteiger partial charge in [-0.15, -0.1) is 0 Å². The first-order chi connectivity index (χ1) is 8.33. The Morgan fingerprint density at radius 3 is 2.94 bits per heavy atom. The molecule has 0 spiro atoms. The molecule has 3 heterocycles. The molecule has 0 radical (unpaired) electrons. The third-order valence-electron chi connectivity index (χ3n) is 4.23. The number of pyridine rings is 1. The first-order valence-electron chi connectivity index (χ1n) is 6.74. The van der Waals surface area contributed by atoms with Gasteiger partial charge in [0.1, 0.15) is 0 Å². The summed E-state index contributed by atoms with van der Waals surface area (Å²) < 4.78 is 0. The largest absolute Gasteiger partial charge is 0.370 e. The fourth-order valence-electron chi connectivity index (χ4n) is 3.14. The van der Waals surface area contributed by atoms with Crippen LogP contribution in [0.2, 0.25) is 0 Å². The van der Waals surface area contributed by atoms with Crippen molar-refractivity contribution in [2.24, 2.45) is 5.92 Å². The van der Waals surface area contributed by atoms with Crippen molar-refractivity contribution in [1.29, 1.82) is 0 Å². The van der Waals surface area contributed by atoms with Crippen LogP contribution in [-0.2, 0) is 0 Å². The second kappa shape index (κ2) is 4.65. The van der Waals surface area contributed by atoms with Crippen LogP contribution in [0.25, 0.3) is 0 Å². The number of hydrogen-bond acceptors (Lipinski definition) is 3. The van der Waals surface area contributed by atoms with Crippen LogP contribution in [0, 0.1) is 12.8 Å². The van der Waals surface area contributed by atoms with Crippen molar-refractivity contribution in [3.05, 3.63) is 24.0 Å². The van der Waals surface area contributed by atoms with Crippen LogP contribution in [0.5, 0.6) is 0 Å². The van der Waals surface area contributed by atoms with Crippen molar-refractivity contribution in [3.63, 3.8) is 0 Å². The SMILES string of the molecule is Cc1ccc(N2CCC3CCNC3CC2)cn1. The maximum atomic E-state index is 4.40. The molecule has 1 aromatic rings. The highest BCUT2D eigenvalue weighted by Crippen LogP contribution is 2.27. The molecule has 3 nitrogen and oxygen atoms in total. The lowest BCUT2D eigenvalue weighted by Gasteiger charge is -2.22. The Morgan fingerprint density at radius 1 is 1.24 bits per heavy atom. The third kappa shape index (κ3) is 2.29. The van der Waals surface area contributed by atoms with E-state index in [2.05, 4.69) is 27.3 Å². The molecule has 3 heteroatoms. The lowest BCUT2D eigenvalue weighted by atomic mass is 9.96. The van der Waals surface area contributed by atoms with E-state index in [1.165, 1.54) is 44.6 Å². The molecule has 0 saturated carbocycles. The van der Waals surface area contributed by atoms with Gasteiger partial charge >= 0.3 is 0 Å². The molecule has 2 aliphatic rings. The van der Waals surface area contributed by atoms with Gasteiger partial charge in [-0.3, -0.25) is 4.98 Å². The summed E-state index contributed by atoms with van der Waals surface area (Å²) in [6, 6.07) is 5.08. The van der Waals surface area contributed by atoms with Gasteiger partial charge in [-0.25, -0.2) is 0 Å². The summed E-state index contributed by atoms with van der Waals surface area (Å²) in [4.78, 5) is 6.89. The average Bonchev–Trinajstić information content (AvgIpc) is 2.70. The second-order valence-corrected chi connectivity index (χ2v) is 5.33. The average molecular weight is 231 g/mol. The Balaban J connectivity index is 1.70. The van der Waals surface area contributed by atoms with E-state index in [1.807, 2.05) is 13.1 Å². The Bertz CT molecular complexity index is 360. The molecular formula is C14H21N3. The minimum absolute atomic E-state index is 0.762. The van der Waals surface area contributed by atoms with Crippen LogP contribution < -0.4 is 10.2 Å². The predicted octanol–water partition coefficient (Wildman–Crippen LogP) is 1.97. The third-order valence-corrected chi connectivity index (χ3v) is 4.23. The van der Waals surface area contributed by atoms with Gasteiger partial charge in [-0.1, -0.05) is 0 Å². The van der Waals surface area contributed by atoms with E-state index >= 15 is 0 Å². The summed E-state index contributed by atoms with van der Waals surface area (Å²) in [5.74, 6) is 0.901. The second-order valence-electron chi connectivity index (χ2n) is 5.33. The molecule has 2 aliphatic heterocycles. The molecule has 17 heavy (non-hydrogen) atoms. The Morgan fingerprint density at radius 2 is 2.12 bits per heavy atom. The number of aromatic nitrogens is 1. The quantitative estimate of drug-likeness (QED) is 0.801. The molecule has 3 rings (SSSR count). The normalized spacial score (nSPS) is 28.9. The van der Waals surface area contributed by atoms with E-state index in [1.54, 1.807) is 0 Å². The van der Waals surface area contributed by atoms with Crippen LogP contribution in [-0.4, -0.2) is 30.7 Å². The summed E-state index contributed by atoms with van der Waals surface area (Å²) in [5, 5.41) is 3.64. The van der Waals surface area contributed by atoms with Crippen molar-refractivity contribution in [1.82, 2.24) is 10.3 Å². The van der Waals surface area contributed by atoms with E-state index in [-0.39, 0.29) is 0 Å². The Kier molecular flexibility index (Phi) is 3.02. The number of nitrogens with one attached hydrogen (secondary N) is 1. The van der Waals surface area contributed by atoms with Gasteiger partial charge < -0.3 is 10.2 Å². The summed E-state index contributed by atoms with van der Waals surface area (Å²) in [6.07, 6.45) is 5.98. The minimum Gasteiger partial charge on any atom is -0.370 e. The zero-order chi connectivity index (χ0) is 11.7. The van der Waals surface area contributed by atoms with Gasteiger partial charge in [0, 0.05) is 24.8 Å². The highest BCUT2D eigenvalue weighted by atomic mass is 15.1. The minimum atomic E-state index is 0.762. The van der Waals surface area contributed by atoms with Gasteiger partial charge in [0.05, 0.1) is 11.9 Å². The van der Waals surface area contributed by atoms with E-state index in [4.69, 9.17) is 0 Å². The summed E-state index contributed by atoms with van der Waals surface area (Å²) in [6.45, 7) is 5.62. The lowest BCUT2D eigenvalue weighted by Crippen LogP contribution is -2.28. The maximum Gasteiger partial charge on any atom is 0.0552 e. The van der Waals surface area contributed by atoms with Gasteiger partial charge in [0.25, 0.3) is 0 Å². The van der Waals surface area contributed by atoms with Crippen LogP contribution in [0.3, 0.4) is 0 Å². The zero-order valence-electron chi connectivity index (χ0n) is 10.5. The smallest absolute Gasteiger partial charge is 0.0552 e. The number of anilines is 1. The Labute approximate surface area is 103 Å². The number of rotatable bonds is 1. The summed E-state index contributed by atoms with van der Waals surface area (Å²) in [5.41, 5.74) is 2.39. The van der Waals surface area contributed by atoms with Gasteiger partial charge in [0.2, 0.25) is 0 Å². The molecule has 0 aliphatic carbocycles. The standard InChI is InChI=1S/C14H21N3/c1-11-2-3-13(10-16-11)17-8-5-12-4-7-15-14(12)6-9-17/h2-3,10,12,14-15H,4-9H2,1H3. The molecule has 2 fully saturated rings. The molecule has 2 saturated heterocycles. The van der Waals surface area contributed by atoms with Crippen LogP contribution in [0.4, 0.5) is 5.69 Å². The van der Waals surface area contributed by atoms with Crippen molar-refractivity contribution in [2.75, 3.05) is 24.5 Å². The summed E-state index contributed by atoms with van der Waals surface area (Å²) >= 11 is 0. The fraction of sp³-hybridized carbons (Fsp3) is 0.643. The number of fused-ring (bicyclic) bond motifs is 1.